The van der Waals surface area contributed by atoms with E-state index in [0.29, 0.717) is 37.7 Å². The van der Waals surface area contributed by atoms with E-state index in [-0.39, 0.29) is 17.7 Å². The van der Waals surface area contributed by atoms with Gasteiger partial charge in [-0.15, -0.1) is 0 Å². The number of nitrogens with zero attached hydrogens (tertiary/aromatic N) is 4. The number of aromatic nitrogens is 3. The molecule has 2 aliphatic heterocycles. The highest BCUT2D eigenvalue weighted by Gasteiger charge is 2.30. The minimum absolute atomic E-state index is 0.000952. The SMILES string of the molecule is CC1CCC(NC(=O)C2CCN(C(=O)c3cc(-c4ccnc(N5CCCC5)c4)[nH]n3)CC2)CC1. The molecule has 3 aliphatic rings. The van der Waals surface area contributed by atoms with Gasteiger partial charge in [-0.2, -0.15) is 5.10 Å². The average molecular weight is 465 g/mol. The van der Waals surface area contributed by atoms with E-state index in [1.54, 1.807) is 0 Å². The molecular formula is C26H36N6O2. The number of anilines is 1. The van der Waals surface area contributed by atoms with Gasteiger partial charge < -0.3 is 15.1 Å². The second kappa shape index (κ2) is 10.2. The lowest BCUT2D eigenvalue weighted by Crippen LogP contribution is -2.46. The molecule has 0 spiro atoms. The van der Waals surface area contributed by atoms with Crippen molar-refractivity contribution in [3.8, 4) is 11.3 Å². The number of likely N-dealkylation sites (tertiary alicyclic amines) is 1. The van der Waals surface area contributed by atoms with E-state index in [2.05, 4.69) is 38.4 Å². The molecule has 2 N–H and O–H groups in total. The van der Waals surface area contributed by atoms with Crippen LogP contribution in [-0.4, -0.2) is 64.1 Å². The van der Waals surface area contributed by atoms with E-state index in [1.807, 2.05) is 23.2 Å². The lowest BCUT2D eigenvalue weighted by atomic mass is 9.86. The van der Waals surface area contributed by atoms with Crippen LogP contribution in [0.1, 0.15) is 68.8 Å². The van der Waals surface area contributed by atoms with Gasteiger partial charge in [-0.1, -0.05) is 6.92 Å². The first-order valence-electron chi connectivity index (χ1n) is 12.9. The Labute approximate surface area is 201 Å². The lowest BCUT2D eigenvalue weighted by Gasteiger charge is -2.33. The number of amides is 2. The second-order valence-corrected chi connectivity index (χ2v) is 10.3. The normalized spacial score (nSPS) is 23.8. The Morgan fingerprint density at radius 3 is 2.47 bits per heavy atom. The number of carbonyl (C=O) groups excluding carboxylic acids is 2. The molecule has 3 fully saturated rings. The van der Waals surface area contributed by atoms with E-state index in [4.69, 9.17) is 0 Å². The molecule has 0 bridgehead atoms. The molecule has 0 aromatic carbocycles. The Morgan fingerprint density at radius 2 is 1.74 bits per heavy atom. The topological polar surface area (TPSA) is 94.2 Å². The first-order valence-corrected chi connectivity index (χ1v) is 12.9. The number of H-pyrrole nitrogens is 1. The smallest absolute Gasteiger partial charge is 0.274 e. The molecule has 5 rings (SSSR count). The zero-order valence-electron chi connectivity index (χ0n) is 20.1. The Hall–Kier alpha value is -2.90. The zero-order valence-corrected chi connectivity index (χ0v) is 20.1. The third-order valence-electron chi connectivity index (χ3n) is 7.80. The van der Waals surface area contributed by atoms with Crippen LogP contribution in [0.5, 0.6) is 0 Å². The van der Waals surface area contributed by atoms with Crippen LogP contribution in [0.15, 0.2) is 24.4 Å². The summed E-state index contributed by atoms with van der Waals surface area (Å²) in [7, 11) is 0. The van der Waals surface area contributed by atoms with Crippen LogP contribution in [0.4, 0.5) is 5.82 Å². The summed E-state index contributed by atoms with van der Waals surface area (Å²) in [6.45, 7) is 5.55. The highest BCUT2D eigenvalue weighted by molar-refractivity contribution is 5.93. The van der Waals surface area contributed by atoms with Crippen LogP contribution >= 0.6 is 0 Å². The van der Waals surface area contributed by atoms with Gasteiger partial charge in [0.2, 0.25) is 5.91 Å². The third-order valence-corrected chi connectivity index (χ3v) is 7.80. The van der Waals surface area contributed by atoms with Gasteiger partial charge in [0, 0.05) is 49.9 Å². The van der Waals surface area contributed by atoms with Gasteiger partial charge in [0.1, 0.15) is 5.82 Å². The Balaban J connectivity index is 1.15. The summed E-state index contributed by atoms with van der Waals surface area (Å²) in [5.74, 6) is 1.84. The fourth-order valence-corrected chi connectivity index (χ4v) is 5.51. The first-order chi connectivity index (χ1) is 16.6. The summed E-state index contributed by atoms with van der Waals surface area (Å²) in [6, 6.07) is 6.15. The number of pyridine rings is 1. The maximum absolute atomic E-state index is 13.1. The fraction of sp³-hybridized carbons (Fsp3) is 0.615. The number of piperidine rings is 1. The van der Waals surface area contributed by atoms with E-state index < -0.39 is 0 Å². The third kappa shape index (κ3) is 5.10. The predicted octanol–water partition coefficient (Wildman–Crippen LogP) is 3.62. The number of hydrogen-bond donors (Lipinski definition) is 2. The summed E-state index contributed by atoms with van der Waals surface area (Å²) in [5.41, 5.74) is 2.23. The van der Waals surface area contributed by atoms with Crippen LogP contribution in [0.25, 0.3) is 11.3 Å². The zero-order chi connectivity index (χ0) is 23.5. The fourth-order valence-electron chi connectivity index (χ4n) is 5.51. The molecule has 1 aliphatic carbocycles. The van der Waals surface area contributed by atoms with Gasteiger partial charge in [0.25, 0.3) is 5.91 Å². The van der Waals surface area contributed by atoms with E-state index >= 15 is 0 Å². The lowest BCUT2D eigenvalue weighted by molar-refractivity contribution is -0.127. The van der Waals surface area contributed by atoms with Gasteiger partial charge in [-0.05, 0) is 75.5 Å². The van der Waals surface area contributed by atoms with Crippen LogP contribution in [0.3, 0.4) is 0 Å². The van der Waals surface area contributed by atoms with Crippen LogP contribution in [-0.2, 0) is 4.79 Å². The molecule has 8 heteroatoms. The highest BCUT2D eigenvalue weighted by Crippen LogP contribution is 2.27. The van der Waals surface area contributed by atoms with Crippen molar-refractivity contribution in [2.24, 2.45) is 11.8 Å². The minimum atomic E-state index is -0.0727. The molecule has 4 heterocycles. The number of hydrogen-bond acceptors (Lipinski definition) is 5. The minimum Gasteiger partial charge on any atom is -0.357 e. The van der Waals surface area contributed by atoms with E-state index in [1.165, 1.54) is 25.7 Å². The van der Waals surface area contributed by atoms with Crippen molar-refractivity contribution in [3.63, 3.8) is 0 Å². The number of rotatable bonds is 5. The van der Waals surface area contributed by atoms with Gasteiger partial charge in [0.15, 0.2) is 5.69 Å². The monoisotopic (exact) mass is 464 g/mol. The maximum atomic E-state index is 13.1. The van der Waals surface area contributed by atoms with Crippen molar-refractivity contribution in [2.75, 3.05) is 31.1 Å². The summed E-state index contributed by atoms with van der Waals surface area (Å²) in [5, 5.41) is 10.6. The van der Waals surface area contributed by atoms with Crippen molar-refractivity contribution in [1.29, 1.82) is 0 Å². The van der Waals surface area contributed by atoms with Crippen molar-refractivity contribution in [1.82, 2.24) is 25.4 Å². The Kier molecular flexibility index (Phi) is 6.83. The van der Waals surface area contributed by atoms with Crippen molar-refractivity contribution < 1.29 is 9.59 Å². The van der Waals surface area contributed by atoms with E-state index in [9.17, 15) is 9.59 Å². The molecule has 8 nitrogen and oxygen atoms in total. The molecule has 182 valence electrons. The molecule has 0 radical (unpaired) electrons. The second-order valence-electron chi connectivity index (χ2n) is 10.3. The largest absolute Gasteiger partial charge is 0.357 e. The molecular weight excluding hydrogens is 428 g/mol. The molecule has 0 unspecified atom stereocenters. The number of carbonyl (C=O) groups is 2. The maximum Gasteiger partial charge on any atom is 0.274 e. The molecule has 2 aromatic heterocycles. The highest BCUT2D eigenvalue weighted by atomic mass is 16.2. The Morgan fingerprint density at radius 1 is 1.00 bits per heavy atom. The first kappa shape index (κ1) is 22.9. The van der Waals surface area contributed by atoms with Crippen LogP contribution in [0, 0.1) is 11.8 Å². The quantitative estimate of drug-likeness (QED) is 0.705. The van der Waals surface area contributed by atoms with Crippen LogP contribution < -0.4 is 10.2 Å². The Bertz CT molecular complexity index is 998. The van der Waals surface area contributed by atoms with E-state index in [0.717, 1.165) is 48.9 Å². The van der Waals surface area contributed by atoms with Gasteiger partial charge >= 0.3 is 0 Å². The average Bonchev–Trinajstić information content (AvgIpc) is 3.58. The molecule has 0 atom stereocenters. The summed E-state index contributed by atoms with van der Waals surface area (Å²) in [6.07, 6.45) is 10.2. The van der Waals surface area contributed by atoms with Gasteiger partial charge in [0.05, 0.1) is 5.69 Å². The van der Waals surface area contributed by atoms with Crippen LogP contribution in [0.2, 0.25) is 0 Å². The van der Waals surface area contributed by atoms with Crippen molar-refractivity contribution >= 4 is 17.6 Å². The summed E-state index contributed by atoms with van der Waals surface area (Å²) >= 11 is 0. The van der Waals surface area contributed by atoms with Gasteiger partial charge in [-0.3, -0.25) is 14.7 Å². The van der Waals surface area contributed by atoms with Gasteiger partial charge in [-0.25, -0.2) is 4.98 Å². The van der Waals surface area contributed by atoms with Crippen molar-refractivity contribution in [3.05, 3.63) is 30.1 Å². The predicted molar refractivity (Wildman–Crippen MR) is 131 cm³/mol. The molecule has 34 heavy (non-hydrogen) atoms. The van der Waals surface area contributed by atoms with Crippen molar-refractivity contribution in [2.45, 2.75) is 64.3 Å². The number of nitrogens with one attached hydrogen (secondary N) is 2. The molecule has 1 saturated carbocycles. The summed E-state index contributed by atoms with van der Waals surface area (Å²) in [4.78, 5) is 34.4. The molecule has 2 saturated heterocycles. The number of aromatic amines is 1. The summed E-state index contributed by atoms with van der Waals surface area (Å²) < 4.78 is 0. The molecule has 2 aromatic rings. The standard InChI is InChI=1S/C26H36N6O2/c1-18-4-6-21(7-5-18)28-25(33)19-9-14-32(15-10-19)26(34)23-17-22(29-30-23)20-8-11-27-24(16-20)31-12-2-3-13-31/h8,11,16-19,21H,2-7,9-10,12-15H2,1H3,(H,28,33)(H,29,30). The molecule has 2 amide bonds.